The van der Waals surface area contributed by atoms with Crippen molar-refractivity contribution in [2.75, 3.05) is 6.54 Å². The summed E-state index contributed by atoms with van der Waals surface area (Å²) in [4.78, 5) is 22.5. The lowest BCUT2D eigenvalue weighted by Gasteiger charge is -2.06. The molecule has 2 heterocycles. The molecule has 9 heteroatoms. The Morgan fingerprint density at radius 2 is 2.09 bits per heavy atom. The van der Waals surface area contributed by atoms with Gasteiger partial charge in [0.15, 0.2) is 0 Å². The van der Waals surface area contributed by atoms with Gasteiger partial charge in [-0.3, -0.25) is 19.6 Å². The molecule has 0 unspecified atom stereocenters. The molecule has 1 amide bonds. The highest BCUT2D eigenvalue weighted by molar-refractivity contribution is 5.92. The number of hydrogen-bond acceptors (Lipinski definition) is 5. The van der Waals surface area contributed by atoms with E-state index in [0.717, 1.165) is 0 Å². The van der Waals surface area contributed by atoms with Crippen molar-refractivity contribution in [3.63, 3.8) is 0 Å². The normalized spacial score (nSPS) is 11.0. The third kappa shape index (κ3) is 3.74. The molecule has 0 aromatic carbocycles. The Balaban J connectivity index is 2.12. The van der Waals surface area contributed by atoms with Crippen molar-refractivity contribution in [1.29, 1.82) is 0 Å². The van der Waals surface area contributed by atoms with Crippen molar-refractivity contribution in [3.05, 3.63) is 39.5 Å². The van der Waals surface area contributed by atoms with Crippen molar-refractivity contribution < 1.29 is 9.72 Å². The van der Waals surface area contributed by atoms with E-state index in [1.807, 2.05) is 13.8 Å². The van der Waals surface area contributed by atoms with Crippen LogP contribution in [0.4, 0.5) is 5.69 Å². The first-order valence-corrected chi connectivity index (χ1v) is 7.29. The molecule has 0 aliphatic carbocycles. The summed E-state index contributed by atoms with van der Waals surface area (Å²) >= 11 is 0. The number of aromatic nitrogens is 4. The first-order chi connectivity index (χ1) is 10.8. The van der Waals surface area contributed by atoms with Gasteiger partial charge >= 0.3 is 5.69 Å². The number of nitrogens with one attached hydrogen (secondary N) is 1. The number of carbonyl (C=O) groups is 1. The van der Waals surface area contributed by atoms with Crippen molar-refractivity contribution in [2.24, 2.45) is 5.92 Å². The van der Waals surface area contributed by atoms with Gasteiger partial charge in [0.05, 0.1) is 4.92 Å². The maximum absolute atomic E-state index is 11.9. The zero-order chi connectivity index (χ0) is 17.1. The van der Waals surface area contributed by atoms with Crippen LogP contribution >= 0.6 is 0 Å². The first-order valence-electron chi connectivity index (χ1n) is 7.29. The lowest BCUT2D eigenvalue weighted by molar-refractivity contribution is -0.386. The summed E-state index contributed by atoms with van der Waals surface area (Å²) in [7, 11) is 0. The Bertz CT molecular complexity index is 731. The van der Waals surface area contributed by atoms with Crippen LogP contribution in [0.5, 0.6) is 0 Å². The van der Waals surface area contributed by atoms with E-state index in [9.17, 15) is 14.9 Å². The van der Waals surface area contributed by atoms with E-state index in [1.54, 1.807) is 26.1 Å². The fourth-order valence-electron chi connectivity index (χ4n) is 2.18. The summed E-state index contributed by atoms with van der Waals surface area (Å²) in [5.74, 6) is 0.119. The van der Waals surface area contributed by atoms with Gasteiger partial charge in [-0.25, -0.2) is 4.68 Å². The molecule has 0 fully saturated rings. The second-order valence-corrected chi connectivity index (χ2v) is 5.76. The molecule has 1 N–H and O–H groups in total. The van der Waals surface area contributed by atoms with Crippen molar-refractivity contribution in [2.45, 2.75) is 34.4 Å². The Hall–Kier alpha value is -2.71. The summed E-state index contributed by atoms with van der Waals surface area (Å²) in [5, 5.41) is 22.1. The molecule has 0 aliphatic rings. The quantitative estimate of drug-likeness (QED) is 0.641. The van der Waals surface area contributed by atoms with Gasteiger partial charge in [0.2, 0.25) is 0 Å². The highest BCUT2D eigenvalue weighted by Crippen LogP contribution is 2.21. The fourth-order valence-corrected chi connectivity index (χ4v) is 2.18. The predicted molar refractivity (Wildman–Crippen MR) is 83.2 cm³/mol. The van der Waals surface area contributed by atoms with Crippen molar-refractivity contribution in [3.8, 4) is 0 Å². The second-order valence-electron chi connectivity index (χ2n) is 5.76. The van der Waals surface area contributed by atoms with Crippen LogP contribution in [0.25, 0.3) is 0 Å². The van der Waals surface area contributed by atoms with Gasteiger partial charge in [0, 0.05) is 12.7 Å². The minimum absolute atomic E-state index is 0.00653. The molecule has 0 aliphatic heterocycles. The minimum atomic E-state index is -0.442. The largest absolute Gasteiger partial charge is 0.350 e. The molecule has 9 nitrogen and oxygen atoms in total. The van der Waals surface area contributed by atoms with Crippen LogP contribution in [0, 0.1) is 29.9 Å². The number of amides is 1. The molecule has 2 rings (SSSR count). The predicted octanol–water partition coefficient (Wildman–Crippen LogP) is 1.50. The Morgan fingerprint density at radius 3 is 2.65 bits per heavy atom. The zero-order valence-corrected chi connectivity index (χ0v) is 13.6. The number of hydrogen-bond donors (Lipinski definition) is 1. The third-order valence-electron chi connectivity index (χ3n) is 3.35. The summed E-state index contributed by atoms with van der Waals surface area (Å²) in [5.41, 5.74) is 1.12. The lowest BCUT2D eigenvalue weighted by atomic mass is 10.2. The summed E-state index contributed by atoms with van der Waals surface area (Å²) < 4.78 is 3.02. The number of carbonyl (C=O) groups excluding carboxylic acids is 1. The van der Waals surface area contributed by atoms with Crippen LogP contribution in [0.3, 0.4) is 0 Å². The van der Waals surface area contributed by atoms with Crippen molar-refractivity contribution in [1.82, 2.24) is 24.9 Å². The number of rotatable bonds is 6. The molecular weight excluding hydrogens is 300 g/mol. The molecule has 0 saturated heterocycles. The molecule has 124 valence electrons. The van der Waals surface area contributed by atoms with Crippen molar-refractivity contribution >= 4 is 11.6 Å². The molecule has 23 heavy (non-hydrogen) atoms. The van der Waals surface area contributed by atoms with E-state index in [2.05, 4.69) is 15.5 Å². The summed E-state index contributed by atoms with van der Waals surface area (Å²) in [6.07, 6.45) is 1.65. The van der Waals surface area contributed by atoms with E-state index in [4.69, 9.17) is 0 Å². The van der Waals surface area contributed by atoms with Crippen LogP contribution in [0.1, 0.15) is 35.7 Å². The van der Waals surface area contributed by atoms with Crippen LogP contribution in [0.2, 0.25) is 0 Å². The lowest BCUT2D eigenvalue weighted by Crippen LogP contribution is -2.27. The second kappa shape index (κ2) is 6.59. The number of aryl methyl sites for hydroxylation is 1. The molecular formula is C14H20N6O3. The maximum atomic E-state index is 11.9. The van der Waals surface area contributed by atoms with Gasteiger partial charge in [0.25, 0.3) is 5.91 Å². The standard InChI is InChI=1S/C14H20N6O3/c1-9(2)7-15-14(21)12-5-6-18(17-12)8-19-11(4)13(20(22)23)10(3)16-19/h5-6,9H,7-8H2,1-4H3,(H,15,21). The maximum Gasteiger partial charge on any atom is 0.312 e. The average molecular weight is 320 g/mol. The zero-order valence-electron chi connectivity index (χ0n) is 13.6. The van der Waals surface area contributed by atoms with Gasteiger partial charge < -0.3 is 5.32 Å². The SMILES string of the molecule is Cc1nn(Cn2ccc(C(=O)NCC(C)C)n2)c(C)c1[N+](=O)[O-]. The number of nitro groups is 1. The molecule has 2 aromatic heterocycles. The highest BCUT2D eigenvalue weighted by atomic mass is 16.6. The van der Waals surface area contributed by atoms with Crippen LogP contribution < -0.4 is 5.32 Å². The van der Waals surface area contributed by atoms with Gasteiger partial charge in [-0.1, -0.05) is 13.8 Å². The first kappa shape index (κ1) is 16.7. The Morgan fingerprint density at radius 1 is 1.39 bits per heavy atom. The highest BCUT2D eigenvalue weighted by Gasteiger charge is 2.22. The Labute approximate surface area is 133 Å². The van der Waals surface area contributed by atoms with E-state index in [0.29, 0.717) is 29.5 Å². The molecule has 0 saturated carbocycles. The topological polar surface area (TPSA) is 108 Å². The van der Waals surface area contributed by atoms with Gasteiger partial charge in [-0.15, -0.1) is 0 Å². The smallest absolute Gasteiger partial charge is 0.312 e. The molecule has 0 radical (unpaired) electrons. The summed E-state index contributed by atoms with van der Waals surface area (Å²) in [6.45, 7) is 8.03. The fraction of sp³-hybridized carbons (Fsp3) is 0.500. The molecule has 0 bridgehead atoms. The molecule has 2 aromatic rings. The van der Waals surface area contributed by atoms with Gasteiger partial charge in [-0.2, -0.15) is 10.2 Å². The van der Waals surface area contributed by atoms with E-state index < -0.39 is 4.92 Å². The number of nitrogens with zero attached hydrogens (tertiary/aromatic N) is 5. The average Bonchev–Trinajstić information content (AvgIpc) is 3.02. The Kier molecular flexibility index (Phi) is 4.77. The van der Waals surface area contributed by atoms with Crippen LogP contribution in [0.15, 0.2) is 12.3 Å². The van der Waals surface area contributed by atoms with Gasteiger partial charge in [0.1, 0.15) is 23.8 Å². The monoisotopic (exact) mass is 320 g/mol. The van der Waals surface area contributed by atoms with E-state index in [1.165, 1.54) is 9.36 Å². The van der Waals surface area contributed by atoms with Crippen LogP contribution in [-0.4, -0.2) is 36.9 Å². The summed E-state index contributed by atoms with van der Waals surface area (Å²) in [6, 6.07) is 1.61. The van der Waals surface area contributed by atoms with E-state index >= 15 is 0 Å². The van der Waals surface area contributed by atoms with Gasteiger partial charge in [-0.05, 0) is 25.8 Å². The minimum Gasteiger partial charge on any atom is -0.350 e. The molecule has 0 atom stereocenters. The van der Waals surface area contributed by atoms with Crippen LogP contribution in [-0.2, 0) is 6.67 Å². The van der Waals surface area contributed by atoms with E-state index in [-0.39, 0.29) is 18.3 Å². The molecule has 0 spiro atoms. The third-order valence-corrected chi connectivity index (χ3v) is 3.35.